The van der Waals surface area contributed by atoms with Gasteiger partial charge in [-0.25, -0.2) is 9.97 Å². The molecule has 0 amide bonds. The average molecular weight is 233 g/mol. The Bertz CT molecular complexity index is 435. The first-order chi connectivity index (χ1) is 7.83. The van der Waals surface area contributed by atoms with Gasteiger partial charge in [-0.05, 0) is 13.0 Å². The van der Waals surface area contributed by atoms with E-state index in [0.717, 1.165) is 10.6 Å². The van der Waals surface area contributed by atoms with Crippen LogP contribution < -0.4 is 5.30 Å². The molecule has 16 heavy (non-hydrogen) atoms. The van der Waals surface area contributed by atoms with Crippen LogP contribution in [0.5, 0.6) is 0 Å². The molecule has 0 fully saturated rings. The van der Waals surface area contributed by atoms with Crippen LogP contribution in [0.4, 0.5) is 0 Å². The normalized spacial score (nSPS) is 13.1. The molecular weight excluding hydrogens is 219 g/mol. The first-order valence-electron chi connectivity index (χ1n) is 4.78. The summed E-state index contributed by atoms with van der Waals surface area (Å²) in [5.74, 6) is 0. The van der Waals surface area contributed by atoms with Crippen LogP contribution in [0.2, 0.25) is 0 Å². The topological polar surface area (TPSA) is 50.5 Å². The molecule has 0 aliphatic carbocycles. The van der Waals surface area contributed by atoms with Gasteiger partial charge in [0.15, 0.2) is 5.31 Å². The highest BCUT2D eigenvalue weighted by Gasteiger charge is 2.21. The molecule has 0 N–H and O–H groups in total. The third-order valence-electron chi connectivity index (χ3n) is 1.84. The molecule has 1 aromatic rings. The lowest BCUT2D eigenvalue weighted by Crippen LogP contribution is -2.00. The Morgan fingerprint density at radius 1 is 1.44 bits per heavy atom. The van der Waals surface area contributed by atoms with Gasteiger partial charge in [-0.2, -0.15) is 0 Å². The molecule has 1 rings (SSSR count). The van der Waals surface area contributed by atoms with Crippen LogP contribution in [0.25, 0.3) is 0 Å². The van der Waals surface area contributed by atoms with Gasteiger partial charge in [0.1, 0.15) is 6.33 Å². The van der Waals surface area contributed by atoms with E-state index in [0.29, 0.717) is 0 Å². The molecule has 1 unspecified atom stereocenters. The van der Waals surface area contributed by atoms with Crippen molar-refractivity contribution in [3.8, 4) is 0 Å². The molecule has 0 aliphatic heterocycles. The average Bonchev–Trinajstić information content (AvgIpc) is 2.35. The molecule has 0 saturated heterocycles. The Balaban J connectivity index is 3.09. The number of aliphatic imine (C=N–C) groups is 1. The summed E-state index contributed by atoms with van der Waals surface area (Å²) in [5, 5.41) is 2.08. The van der Waals surface area contributed by atoms with Crippen molar-refractivity contribution in [3.63, 3.8) is 0 Å². The SMILES string of the molecule is C=CN=C/C(=C\C)[P+](=NC)c1cncnc1. The van der Waals surface area contributed by atoms with E-state index in [4.69, 9.17) is 0 Å². The van der Waals surface area contributed by atoms with Gasteiger partial charge in [0.2, 0.25) is 5.30 Å². The fraction of sp³-hybridized carbons (Fsp3) is 0.182. The zero-order valence-electron chi connectivity index (χ0n) is 9.41. The van der Waals surface area contributed by atoms with Gasteiger partial charge >= 0.3 is 0 Å². The van der Waals surface area contributed by atoms with E-state index in [2.05, 4.69) is 26.3 Å². The van der Waals surface area contributed by atoms with Gasteiger partial charge in [-0.3, -0.25) is 4.99 Å². The Morgan fingerprint density at radius 3 is 2.62 bits per heavy atom. The van der Waals surface area contributed by atoms with E-state index in [1.54, 1.807) is 25.7 Å². The summed E-state index contributed by atoms with van der Waals surface area (Å²) in [6, 6.07) is 0. The summed E-state index contributed by atoms with van der Waals surface area (Å²) in [6.45, 7) is 5.52. The predicted molar refractivity (Wildman–Crippen MR) is 69.4 cm³/mol. The third-order valence-corrected chi connectivity index (χ3v) is 3.83. The summed E-state index contributed by atoms with van der Waals surface area (Å²) < 4.78 is 4.37. The second-order valence-corrected chi connectivity index (χ2v) is 4.84. The molecule has 0 spiro atoms. The Morgan fingerprint density at radius 2 is 2.12 bits per heavy atom. The highest BCUT2D eigenvalue weighted by molar-refractivity contribution is 7.61. The Labute approximate surface area is 96.3 Å². The maximum Gasteiger partial charge on any atom is 0.280 e. The summed E-state index contributed by atoms with van der Waals surface area (Å²) >= 11 is 0. The van der Waals surface area contributed by atoms with Gasteiger partial charge in [-0.15, -0.1) is 4.74 Å². The van der Waals surface area contributed by atoms with Gasteiger partial charge in [0.25, 0.3) is 7.71 Å². The number of allylic oxidation sites excluding steroid dienone is 2. The van der Waals surface area contributed by atoms with E-state index in [1.807, 2.05) is 13.0 Å². The number of hydrogen-bond donors (Lipinski definition) is 0. The van der Waals surface area contributed by atoms with Gasteiger partial charge in [0, 0.05) is 6.20 Å². The highest BCUT2D eigenvalue weighted by Crippen LogP contribution is 2.32. The van der Waals surface area contributed by atoms with Gasteiger partial charge in [0.05, 0.1) is 25.7 Å². The van der Waals surface area contributed by atoms with Crippen LogP contribution in [0.15, 0.2) is 52.6 Å². The minimum absolute atomic E-state index is 0.765. The minimum atomic E-state index is -0.765. The highest BCUT2D eigenvalue weighted by atomic mass is 31.1. The van der Waals surface area contributed by atoms with E-state index >= 15 is 0 Å². The molecule has 5 heteroatoms. The lowest BCUT2D eigenvalue weighted by Gasteiger charge is -1.91. The first kappa shape index (κ1) is 12.4. The third kappa shape index (κ3) is 3.17. The first-order valence-corrected chi connectivity index (χ1v) is 6.08. The van der Waals surface area contributed by atoms with Crippen LogP contribution in [-0.2, 0) is 0 Å². The summed E-state index contributed by atoms with van der Waals surface area (Å²) in [5.41, 5.74) is 0. The number of nitrogens with zero attached hydrogens (tertiary/aromatic N) is 4. The lowest BCUT2D eigenvalue weighted by atomic mass is 10.5. The van der Waals surface area contributed by atoms with Gasteiger partial charge < -0.3 is 0 Å². The predicted octanol–water partition coefficient (Wildman–Crippen LogP) is 2.52. The van der Waals surface area contributed by atoms with Crippen LogP contribution in [0.1, 0.15) is 6.92 Å². The lowest BCUT2D eigenvalue weighted by molar-refractivity contribution is 1.19. The van der Waals surface area contributed by atoms with E-state index in [1.165, 1.54) is 12.5 Å². The van der Waals surface area contributed by atoms with Crippen LogP contribution in [0.3, 0.4) is 0 Å². The number of aromatic nitrogens is 2. The zero-order chi connectivity index (χ0) is 11.8. The van der Waals surface area contributed by atoms with E-state index in [-0.39, 0.29) is 0 Å². The smallest absolute Gasteiger partial charge is 0.261 e. The van der Waals surface area contributed by atoms with Crippen LogP contribution in [-0.4, -0.2) is 23.2 Å². The molecule has 0 aliphatic rings. The standard InChI is InChI=1S/C11H14N4P/c1-4-10(6-13-5-2)16(12-3)11-7-14-9-15-8-11/h4-9H,2H2,1,3H3/q+1/b10-4+,13-6?. The Hall–Kier alpha value is -1.67. The maximum absolute atomic E-state index is 4.37. The maximum atomic E-state index is 4.37. The molecule has 1 heterocycles. The number of rotatable bonds is 4. The summed E-state index contributed by atoms with van der Waals surface area (Å²) in [7, 11) is 1.03. The second-order valence-electron chi connectivity index (χ2n) is 2.78. The molecule has 1 atom stereocenters. The monoisotopic (exact) mass is 233 g/mol. The zero-order valence-corrected chi connectivity index (χ0v) is 10.3. The quantitative estimate of drug-likeness (QED) is 0.592. The minimum Gasteiger partial charge on any atom is -0.261 e. The van der Waals surface area contributed by atoms with Crippen molar-refractivity contribution in [2.75, 3.05) is 7.05 Å². The van der Waals surface area contributed by atoms with Gasteiger partial charge in [-0.1, -0.05) is 6.58 Å². The summed E-state index contributed by atoms with van der Waals surface area (Å²) in [4.78, 5) is 12.0. The molecule has 0 bridgehead atoms. The van der Waals surface area contributed by atoms with Crippen LogP contribution >= 0.6 is 7.71 Å². The van der Waals surface area contributed by atoms with Crippen molar-refractivity contribution < 1.29 is 0 Å². The molecule has 1 aromatic heterocycles. The van der Waals surface area contributed by atoms with Crippen molar-refractivity contribution in [2.24, 2.45) is 9.74 Å². The molecule has 82 valence electrons. The molecule has 4 nitrogen and oxygen atoms in total. The van der Waals surface area contributed by atoms with Crippen LogP contribution in [0, 0.1) is 0 Å². The van der Waals surface area contributed by atoms with E-state index < -0.39 is 7.71 Å². The molecule has 0 aromatic carbocycles. The Kier molecular flexibility index (Phi) is 5.23. The van der Waals surface area contributed by atoms with Crippen molar-refractivity contribution >= 4 is 19.2 Å². The molecule has 0 saturated carbocycles. The van der Waals surface area contributed by atoms with Crippen molar-refractivity contribution in [3.05, 3.63) is 42.9 Å². The largest absolute Gasteiger partial charge is 0.280 e. The fourth-order valence-corrected chi connectivity index (χ4v) is 2.69. The molecule has 0 radical (unpaired) electrons. The fourth-order valence-electron chi connectivity index (χ4n) is 1.16. The number of hydrogen-bond acceptors (Lipinski definition) is 4. The van der Waals surface area contributed by atoms with Crippen molar-refractivity contribution in [1.82, 2.24) is 9.97 Å². The molecular formula is C11H14N4P+. The van der Waals surface area contributed by atoms with E-state index in [9.17, 15) is 0 Å². The van der Waals surface area contributed by atoms with Crippen molar-refractivity contribution in [1.29, 1.82) is 0 Å². The second kappa shape index (κ2) is 6.75. The van der Waals surface area contributed by atoms with Crippen molar-refractivity contribution in [2.45, 2.75) is 6.92 Å². The summed E-state index contributed by atoms with van der Waals surface area (Å²) in [6.07, 6.45) is 10.4.